The van der Waals surface area contributed by atoms with Crippen LogP contribution in [0.4, 0.5) is 0 Å². The summed E-state index contributed by atoms with van der Waals surface area (Å²) >= 11 is 5.95. The minimum atomic E-state index is -0.725. The third-order valence-electron chi connectivity index (χ3n) is 1.59. The highest BCUT2D eigenvalue weighted by molar-refractivity contribution is 8.79. The van der Waals surface area contributed by atoms with Crippen molar-refractivity contribution in [1.82, 2.24) is 0 Å². The van der Waals surface area contributed by atoms with E-state index in [0.29, 0.717) is 0 Å². The number of unbranched alkanes of at least 4 members (excludes halogenated alkanes) is 1. The monoisotopic (exact) mass is 242 g/mol. The molecule has 0 rings (SSSR count). The number of aliphatic carboxylic acids is 1. The Morgan fingerprint density at radius 2 is 2.31 bits per heavy atom. The summed E-state index contributed by atoms with van der Waals surface area (Å²) in [5.74, 6) is 0.422. The standard InChI is InChI=1S/C8H18O2S3/c1-3-4-5-13(11)6-12-7(2)8(9)10/h7,11,13H,3-6H2,1-2H3,(H,9,10). The fraction of sp³-hybridized carbons (Fsp3) is 0.875. The van der Waals surface area contributed by atoms with Gasteiger partial charge in [-0.05, 0) is 19.1 Å². The first-order valence-electron chi connectivity index (χ1n) is 4.36. The van der Waals surface area contributed by atoms with Gasteiger partial charge in [-0.3, -0.25) is 4.79 Å². The van der Waals surface area contributed by atoms with E-state index in [-0.39, 0.29) is 15.2 Å². The van der Waals surface area contributed by atoms with Gasteiger partial charge in [0.25, 0.3) is 0 Å². The van der Waals surface area contributed by atoms with E-state index in [1.54, 1.807) is 6.92 Å². The van der Waals surface area contributed by atoms with E-state index in [0.717, 1.165) is 10.8 Å². The summed E-state index contributed by atoms with van der Waals surface area (Å²) in [6.45, 7) is 3.88. The van der Waals surface area contributed by atoms with Crippen molar-refractivity contribution in [2.45, 2.75) is 31.9 Å². The van der Waals surface area contributed by atoms with Crippen LogP contribution in [0.25, 0.3) is 0 Å². The molecule has 0 radical (unpaired) electrons. The molecular weight excluding hydrogens is 224 g/mol. The highest BCUT2D eigenvalue weighted by Crippen LogP contribution is 2.36. The molecule has 0 saturated carbocycles. The molecular formula is C8H18O2S3. The third kappa shape index (κ3) is 7.58. The molecule has 0 amide bonds. The lowest BCUT2D eigenvalue weighted by molar-refractivity contribution is -0.136. The van der Waals surface area contributed by atoms with Crippen LogP contribution in [-0.2, 0) is 4.79 Å². The second kappa shape index (κ2) is 7.88. The fourth-order valence-electron chi connectivity index (χ4n) is 0.674. The third-order valence-corrected chi connectivity index (χ3v) is 6.55. The summed E-state index contributed by atoms with van der Waals surface area (Å²) in [6.07, 6.45) is 2.40. The highest BCUT2D eigenvalue weighted by Gasteiger charge is 2.11. The number of thiol groups is 2. The maximum Gasteiger partial charge on any atom is 0.316 e. The van der Waals surface area contributed by atoms with Crippen LogP contribution < -0.4 is 0 Å². The summed E-state index contributed by atoms with van der Waals surface area (Å²) in [5.41, 5.74) is 0. The number of carboxylic acids is 1. The van der Waals surface area contributed by atoms with Gasteiger partial charge >= 0.3 is 5.97 Å². The summed E-state index contributed by atoms with van der Waals surface area (Å²) in [4.78, 5) is 10.5. The predicted octanol–water partition coefficient (Wildman–Crippen LogP) is 2.80. The Bertz CT molecular complexity index is 152. The Morgan fingerprint density at radius 3 is 2.77 bits per heavy atom. The zero-order chi connectivity index (χ0) is 10.3. The molecule has 0 aliphatic rings. The Morgan fingerprint density at radius 1 is 1.69 bits per heavy atom. The lowest BCUT2D eigenvalue weighted by Gasteiger charge is -2.15. The molecule has 0 aliphatic carbocycles. The van der Waals surface area contributed by atoms with Crippen LogP contribution in [0, 0.1) is 0 Å². The summed E-state index contributed by atoms with van der Waals surface area (Å²) in [7, 11) is -0.250. The molecule has 5 heteroatoms. The van der Waals surface area contributed by atoms with Gasteiger partial charge in [0.15, 0.2) is 0 Å². The topological polar surface area (TPSA) is 37.3 Å². The van der Waals surface area contributed by atoms with Crippen molar-refractivity contribution in [2.75, 3.05) is 10.8 Å². The van der Waals surface area contributed by atoms with E-state index in [1.807, 2.05) is 0 Å². The van der Waals surface area contributed by atoms with Crippen LogP contribution in [0.3, 0.4) is 0 Å². The molecule has 0 aromatic rings. The molecule has 2 atom stereocenters. The largest absolute Gasteiger partial charge is 0.480 e. The SMILES string of the molecule is CCCC[SH](S)CSC(C)C(=O)O. The van der Waals surface area contributed by atoms with Gasteiger partial charge in [-0.2, -0.15) is 9.93 Å². The van der Waals surface area contributed by atoms with Gasteiger partial charge in [-0.15, -0.1) is 23.4 Å². The van der Waals surface area contributed by atoms with E-state index in [4.69, 9.17) is 5.11 Å². The molecule has 13 heavy (non-hydrogen) atoms. The Labute approximate surface area is 92.0 Å². The van der Waals surface area contributed by atoms with Crippen LogP contribution in [0.2, 0.25) is 0 Å². The average Bonchev–Trinajstić information content (AvgIpc) is 2.10. The number of carbonyl (C=O) groups is 1. The van der Waals surface area contributed by atoms with Gasteiger partial charge in [0, 0.05) is 5.08 Å². The van der Waals surface area contributed by atoms with E-state index in [9.17, 15) is 4.79 Å². The van der Waals surface area contributed by atoms with Crippen molar-refractivity contribution < 1.29 is 9.90 Å². The lowest BCUT2D eigenvalue weighted by atomic mass is 10.4. The van der Waals surface area contributed by atoms with Crippen LogP contribution in [-0.4, -0.2) is 27.2 Å². The Balaban J connectivity index is 3.45. The Hall–Kier alpha value is 0.520. The highest BCUT2D eigenvalue weighted by atomic mass is 33.1. The first-order chi connectivity index (χ1) is 6.07. The van der Waals surface area contributed by atoms with Crippen molar-refractivity contribution >= 4 is 39.3 Å². The molecule has 0 aromatic carbocycles. The van der Waals surface area contributed by atoms with E-state index >= 15 is 0 Å². The predicted molar refractivity (Wildman–Crippen MR) is 67.3 cm³/mol. The van der Waals surface area contributed by atoms with Gasteiger partial charge in [0.2, 0.25) is 0 Å². The van der Waals surface area contributed by atoms with Crippen molar-refractivity contribution in [2.24, 2.45) is 0 Å². The molecule has 2 nitrogen and oxygen atoms in total. The zero-order valence-corrected chi connectivity index (χ0v) is 10.7. The van der Waals surface area contributed by atoms with E-state index < -0.39 is 5.97 Å². The first kappa shape index (κ1) is 13.5. The van der Waals surface area contributed by atoms with Gasteiger partial charge < -0.3 is 5.11 Å². The molecule has 0 aliphatic heterocycles. The lowest BCUT2D eigenvalue weighted by Crippen LogP contribution is -2.11. The van der Waals surface area contributed by atoms with Crippen molar-refractivity contribution in [3.63, 3.8) is 0 Å². The number of carboxylic acid groups (broad SMARTS) is 1. The number of rotatable bonds is 7. The van der Waals surface area contributed by atoms with Gasteiger partial charge in [0.1, 0.15) is 5.25 Å². The second-order valence-electron chi connectivity index (χ2n) is 2.86. The molecule has 2 unspecified atom stereocenters. The van der Waals surface area contributed by atoms with Crippen LogP contribution in [0.1, 0.15) is 26.7 Å². The fourth-order valence-corrected chi connectivity index (χ4v) is 4.62. The van der Waals surface area contributed by atoms with Crippen LogP contribution >= 0.6 is 33.3 Å². The quantitative estimate of drug-likeness (QED) is 0.475. The number of hydrogen-bond acceptors (Lipinski definition) is 3. The summed E-state index contributed by atoms with van der Waals surface area (Å²) in [6, 6.07) is 0. The van der Waals surface area contributed by atoms with Crippen molar-refractivity contribution in [3.8, 4) is 0 Å². The molecule has 0 spiro atoms. The Kier molecular flexibility index (Phi) is 8.20. The minimum absolute atomic E-state index is 0.250. The summed E-state index contributed by atoms with van der Waals surface area (Å²) < 4.78 is 0. The molecule has 0 aromatic heterocycles. The van der Waals surface area contributed by atoms with Crippen molar-refractivity contribution in [3.05, 3.63) is 0 Å². The van der Waals surface area contributed by atoms with Gasteiger partial charge in [0.05, 0.1) is 0 Å². The molecule has 80 valence electrons. The molecule has 1 N–H and O–H groups in total. The number of thioether (sulfide) groups is 1. The van der Waals surface area contributed by atoms with Crippen LogP contribution in [0.15, 0.2) is 0 Å². The number of hydrogen-bond donors (Lipinski definition) is 3. The average molecular weight is 242 g/mol. The molecule has 0 fully saturated rings. The molecule has 0 heterocycles. The van der Waals surface area contributed by atoms with E-state index in [2.05, 4.69) is 18.6 Å². The maximum absolute atomic E-state index is 10.5. The normalized spacial score (nSPS) is 16.7. The molecule has 0 saturated heterocycles. The van der Waals surface area contributed by atoms with Gasteiger partial charge in [-0.1, -0.05) is 13.3 Å². The van der Waals surface area contributed by atoms with E-state index in [1.165, 1.54) is 24.6 Å². The smallest absolute Gasteiger partial charge is 0.316 e. The van der Waals surface area contributed by atoms with Gasteiger partial charge in [-0.25, -0.2) is 0 Å². The molecule has 0 bridgehead atoms. The first-order valence-corrected chi connectivity index (χ1v) is 8.27. The maximum atomic E-state index is 10.5. The summed E-state index contributed by atoms with van der Waals surface area (Å²) in [5, 5.41) is 9.23. The minimum Gasteiger partial charge on any atom is -0.480 e. The zero-order valence-electron chi connectivity index (χ0n) is 8.06. The van der Waals surface area contributed by atoms with Crippen LogP contribution in [0.5, 0.6) is 0 Å². The second-order valence-corrected chi connectivity index (χ2v) is 8.09. The van der Waals surface area contributed by atoms with Crippen molar-refractivity contribution in [1.29, 1.82) is 0 Å².